The standard InChI is InChI=1S/C29H27ClFN/c1-4-7-20-10-12-21(13-11-20)29(28-17-22-8-5-6-9-27(22)32-28)25(16-19(2)3)24-15-14-23(31)18-26(24)30/h4-15,17-19,32H,16H2,1-3H3/b7-4+,29-25+. The molecule has 0 saturated heterocycles. The van der Waals surface area contributed by atoms with Gasteiger partial charge in [0.1, 0.15) is 5.82 Å². The summed E-state index contributed by atoms with van der Waals surface area (Å²) in [6.07, 6.45) is 4.93. The van der Waals surface area contributed by atoms with E-state index in [-0.39, 0.29) is 5.82 Å². The van der Waals surface area contributed by atoms with Crippen molar-refractivity contribution in [2.24, 2.45) is 5.92 Å². The summed E-state index contributed by atoms with van der Waals surface area (Å²) in [5.74, 6) is 0.0679. The van der Waals surface area contributed by atoms with Gasteiger partial charge in [0.15, 0.2) is 0 Å². The average molecular weight is 444 g/mol. The van der Waals surface area contributed by atoms with Gasteiger partial charge in [-0.15, -0.1) is 0 Å². The normalized spacial score (nSPS) is 12.7. The molecule has 0 aliphatic heterocycles. The van der Waals surface area contributed by atoms with Crippen molar-refractivity contribution in [1.82, 2.24) is 4.98 Å². The lowest BCUT2D eigenvalue weighted by Crippen LogP contribution is -2.00. The van der Waals surface area contributed by atoms with Gasteiger partial charge >= 0.3 is 0 Å². The minimum atomic E-state index is -0.328. The molecule has 0 bridgehead atoms. The van der Waals surface area contributed by atoms with Crippen molar-refractivity contribution in [3.05, 3.63) is 112 Å². The van der Waals surface area contributed by atoms with Gasteiger partial charge in [0.05, 0.1) is 5.02 Å². The summed E-state index contributed by atoms with van der Waals surface area (Å²) in [6.45, 7) is 6.39. The Hall–Kier alpha value is -3.10. The van der Waals surface area contributed by atoms with Crippen LogP contribution in [0.4, 0.5) is 4.39 Å². The van der Waals surface area contributed by atoms with Gasteiger partial charge in [0, 0.05) is 22.2 Å². The first-order chi connectivity index (χ1) is 15.5. The smallest absolute Gasteiger partial charge is 0.124 e. The lowest BCUT2D eigenvalue weighted by atomic mass is 9.87. The lowest BCUT2D eigenvalue weighted by molar-refractivity contribution is 0.627. The largest absolute Gasteiger partial charge is 0.355 e. The number of aromatic nitrogens is 1. The molecule has 3 aromatic carbocycles. The Morgan fingerprint density at radius 1 is 1.00 bits per heavy atom. The number of rotatable bonds is 6. The number of hydrogen-bond donors (Lipinski definition) is 1. The molecule has 0 spiro atoms. The number of nitrogens with one attached hydrogen (secondary N) is 1. The molecule has 32 heavy (non-hydrogen) atoms. The Balaban J connectivity index is 2.02. The van der Waals surface area contributed by atoms with Gasteiger partial charge in [0.25, 0.3) is 0 Å². The minimum Gasteiger partial charge on any atom is -0.355 e. The molecule has 0 unspecified atom stereocenters. The Bertz CT molecular complexity index is 1260. The van der Waals surface area contributed by atoms with E-state index in [1.807, 2.05) is 25.1 Å². The lowest BCUT2D eigenvalue weighted by Gasteiger charge is -2.19. The SMILES string of the molecule is C/C=C/c1ccc(/C(=C(/CC(C)C)c2ccc(F)cc2Cl)c2cc3ccccc3[nH]2)cc1. The van der Waals surface area contributed by atoms with E-state index < -0.39 is 0 Å². The van der Waals surface area contributed by atoms with Crippen molar-refractivity contribution < 1.29 is 4.39 Å². The van der Waals surface area contributed by atoms with Crippen molar-refractivity contribution >= 4 is 39.7 Å². The fourth-order valence-corrected chi connectivity index (χ4v) is 4.42. The zero-order valence-electron chi connectivity index (χ0n) is 18.6. The molecular formula is C29H27ClFN. The fourth-order valence-electron chi connectivity index (χ4n) is 4.14. The number of benzene rings is 3. The Morgan fingerprint density at radius 3 is 2.41 bits per heavy atom. The van der Waals surface area contributed by atoms with Crippen LogP contribution in [0.5, 0.6) is 0 Å². The van der Waals surface area contributed by atoms with Crippen molar-refractivity contribution in [3.63, 3.8) is 0 Å². The molecule has 3 heteroatoms. The second kappa shape index (κ2) is 9.58. The molecule has 1 aromatic heterocycles. The minimum absolute atomic E-state index is 0.328. The summed E-state index contributed by atoms with van der Waals surface area (Å²) < 4.78 is 13.9. The average Bonchev–Trinajstić information content (AvgIpc) is 3.18. The Morgan fingerprint density at radius 2 is 1.75 bits per heavy atom. The zero-order valence-corrected chi connectivity index (χ0v) is 19.4. The first-order valence-electron chi connectivity index (χ1n) is 11.0. The summed E-state index contributed by atoms with van der Waals surface area (Å²) >= 11 is 6.58. The summed E-state index contributed by atoms with van der Waals surface area (Å²) in [7, 11) is 0. The third-order valence-corrected chi connectivity index (χ3v) is 5.84. The second-order valence-corrected chi connectivity index (χ2v) is 8.88. The van der Waals surface area contributed by atoms with Crippen LogP contribution in [0.15, 0.2) is 78.9 Å². The molecule has 1 heterocycles. The maximum atomic E-state index is 13.9. The summed E-state index contributed by atoms with van der Waals surface area (Å²) in [4.78, 5) is 3.60. The van der Waals surface area contributed by atoms with Crippen LogP contribution in [0, 0.1) is 11.7 Å². The molecule has 4 aromatic rings. The van der Waals surface area contributed by atoms with E-state index in [0.717, 1.165) is 50.9 Å². The van der Waals surface area contributed by atoms with Crippen LogP contribution in [0.25, 0.3) is 28.1 Å². The maximum absolute atomic E-state index is 13.9. The predicted molar refractivity (Wildman–Crippen MR) is 136 cm³/mol. The summed E-state index contributed by atoms with van der Waals surface area (Å²) in [5.41, 5.74) is 7.43. The van der Waals surface area contributed by atoms with E-state index in [4.69, 9.17) is 11.6 Å². The van der Waals surface area contributed by atoms with Crippen LogP contribution in [-0.4, -0.2) is 4.98 Å². The van der Waals surface area contributed by atoms with Crippen molar-refractivity contribution in [1.29, 1.82) is 0 Å². The number of halogens is 2. The van der Waals surface area contributed by atoms with Crippen LogP contribution in [0.2, 0.25) is 5.02 Å². The van der Waals surface area contributed by atoms with Crippen molar-refractivity contribution in [2.75, 3.05) is 0 Å². The van der Waals surface area contributed by atoms with Gasteiger partial charge in [-0.3, -0.25) is 0 Å². The molecule has 1 nitrogen and oxygen atoms in total. The Labute approximate surface area is 194 Å². The van der Waals surface area contributed by atoms with Crippen LogP contribution < -0.4 is 0 Å². The van der Waals surface area contributed by atoms with Crippen LogP contribution in [0.3, 0.4) is 0 Å². The van der Waals surface area contributed by atoms with E-state index in [9.17, 15) is 4.39 Å². The van der Waals surface area contributed by atoms with E-state index in [1.165, 1.54) is 12.1 Å². The molecule has 1 N–H and O–H groups in total. The highest BCUT2D eigenvalue weighted by molar-refractivity contribution is 6.32. The quantitative estimate of drug-likeness (QED) is 0.286. The highest BCUT2D eigenvalue weighted by atomic mass is 35.5. The third kappa shape index (κ3) is 4.71. The first kappa shape index (κ1) is 22.1. The van der Waals surface area contributed by atoms with E-state index in [1.54, 1.807) is 6.07 Å². The highest BCUT2D eigenvalue weighted by Gasteiger charge is 2.19. The third-order valence-electron chi connectivity index (χ3n) is 5.53. The maximum Gasteiger partial charge on any atom is 0.124 e. The van der Waals surface area contributed by atoms with Gasteiger partial charge < -0.3 is 4.98 Å². The molecule has 0 fully saturated rings. The highest BCUT2D eigenvalue weighted by Crippen LogP contribution is 2.39. The number of allylic oxidation sites excluding steroid dienone is 2. The monoisotopic (exact) mass is 443 g/mol. The van der Waals surface area contributed by atoms with E-state index in [0.29, 0.717) is 10.9 Å². The van der Waals surface area contributed by atoms with Gasteiger partial charge in [-0.05, 0) is 65.8 Å². The van der Waals surface area contributed by atoms with E-state index in [2.05, 4.69) is 67.4 Å². The van der Waals surface area contributed by atoms with Crippen molar-refractivity contribution in [3.8, 4) is 0 Å². The number of H-pyrrole nitrogens is 1. The number of hydrogen-bond acceptors (Lipinski definition) is 0. The van der Waals surface area contributed by atoms with E-state index >= 15 is 0 Å². The molecule has 0 aliphatic carbocycles. The molecular weight excluding hydrogens is 417 g/mol. The second-order valence-electron chi connectivity index (χ2n) is 8.47. The van der Waals surface area contributed by atoms with Crippen LogP contribution in [0.1, 0.15) is 49.6 Å². The first-order valence-corrected chi connectivity index (χ1v) is 11.3. The molecule has 0 atom stereocenters. The number of para-hydroxylation sites is 1. The molecule has 162 valence electrons. The van der Waals surface area contributed by atoms with Gasteiger partial charge in [-0.1, -0.05) is 86.1 Å². The molecule has 0 aliphatic rings. The predicted octanol–water partition coefficient (Wildman–Crippen LogP) is 9.00. The Kier molecular flexibility index (Phi) is 6.62. The van der Waals surface area contributed by atoms with Crippen LogP contribution >= 0.6 is 11.6 Å². The molecule has 0 radical (unpaired) electrons. The number of fused-ring (bicyclic) bond motifs is 1. The summed E-state index contributed by atoms with van der Waals surface area (Å²) in [5, 5.41) is 1.58. The summed E-state index contributed by atoms with van der Waals surface area (Å²) in [6, 6.07) is 23.7. The van der Waals surface area contributed by atoms with Crippen LogP contribution in [-0.2, 0) is 0 Å². The van der Waals surface area contributed by atoms with Gasteiger partial charge in [-0.25, -0.2) is 4.39 Å². The van der Waals surface area contributed by atoms with Gasteiger partial charge in [-0.2, -0.15) is 0 Å². The molecule has 0 amide bonds. The molecule has 4 rings (SSSR count). The van der Waals surface area contributed by atoms with Crippen molar-refractivity contribution in [2.45, 2.75) is 27.2 Å². The number of aromatic amines is 1. The zero-order chi connectivity index (χ0) is 22.7. The molecule has 0 saturated carbocycles. The van der Waals surface area contributed by atoms with Gasteiger partial charge in [0.2, 0.25) is 0 Å². The topological polar surface area (TPSA) is 15.8 Å². The fraction of sp³-hybridized carbons (Fsp3) is 0.172.